The fourth-order valence-corrected chi connectivity index (χ4v) is 4.07. The molecular formula is C18H18ClF3N4. The lowest BCUT2D eigenvalue weighted by Crippen LogP contribution is -2.29. The topological polar surface area (TPSA) is 34.0 Å². The summed E-state index contributed by atoms with van der Waals surface area (Å²) in [5.41, 5.74) is 2.34. The van der Waals surface area contributed by atoms with Gasteiger partial charge >= 0.3 is 6.18 Å². The lowest BCUT2D eigenvalue weighted by atomic mass is 9.89. The quantitative estimate of drug-likeness (QED) is 0.607. The lowest BCUT2D eigenvalue weighted by molar-refractivity contribution is -0.139. The summed E-state index contributed by atoms with van der Waals surface area (Å²) in [6, 6.07) is 5.67. The predicted molar refractivity (Wildman–Crippen MR) is 95.6 cm³/mol. The molecule has 2 aromatic heterocycles. The third-order valence-corrected chi connectivity index (χ3v) is 5.42. The van der Waals surface area contributed by atoms with Crippen LogP contribution in [0, 0.1) is 0 Å². The molecule has 4 nitrogen and oxygen atoms in total. The zero-order chi connectivity index (χ0) is 18.5. The highest BCUT2D eigenvalue weighted by Crippen LogP contribution is 2.36. The van der Waals surface area contributed by atoms with E-state index in [0.29, 0.717) is 22.3 Å². The van der Waals surface area contributed by atoms with Gasteiger partial charge in [-0.05, 0) is 56.6 Å². The molecule has 0 amide bonds. The van der Waals surface area contributed by atoms with Gasteiger partial charge in [-0.3, -0.25) is 0 Å². The number of rotatable bonds is 2. The number of fused-ring (bicyclic) bond motifs is 3. The Morgan fingerprint density at radius 3 is 2.62 bits per heavy atom. The summed E-state index contributed by atoms with van der Waals surface area (Å²) >= 11 is 6.12. The van der Waals surface area contributed by atoms with Crippen molar-refractivity contribution in [3.05, 3.63) is 35.2 Å². The van der Waals surface area contributed by atoms with E-state index in [-0.39, 0.29) is 10.7 Å². The van der Waals surface area contributed by atoms with Gasteiger partial charge in [-0.1, -0.05) is 17.7 Å². The van der Waals surface area contributed by atoms with Gasteiger partial charge in [-0.15, -0.1) is 0 Å². The maximum absolute atomic E-state index is 13.1. The van der Waals surface area contributed by atoms with Gasteiger partial charge in [-0.2, -0.15) is 13.2 Å². The molecule has 0 spiro atoms. The highest BCUT2D eigenvalue weighted by atomic mass is 35.5. The fourth-order valence-electron chi connectivity index (χ4n) is 3.83. The average Bonchev–Trinajstić information content (AvgIpc) is 2.89. The number of halogens is 4. The average molecular weight is 383 g/mol. The van der Waals surface area contributed by atoms with Crippen LogP contribution in [-0.2, 0) is 6.54 Å². The number of piperidine rings is 1. The number of alkyl halides is 3. The summed E-state index contributed by atoms with van der Waals surface area (Å²) in [5, 5.41) is 0.737. The highest BCUT2D eigenvalue weighted by molar-refractivity contribution is 6.34. The zero-order valence-electron chi connectivity index (χ0n) is 14.2. The molecule has 0 bridgehead atoms. The standard InChI is InChI=1S/C18H18ClF3N4/c1-25-6-4-11(5-7-25)12-2-3-14-13(8-12)15-16(17(19)24-10-23-15)26(14)9-18(20,21)22/h2-3,8,10-11H,4-7,9H2,1H3. The Bertz CT molecular complexity index is 958. The van der Waals surface area contributed by atoms with Gasteiger partial charge in [0.2, 0.25) is 0 Å². The van der Waals surface area contributed by atoms with Crippen molar-refractivity contribution in [2.75, 3.05) is 20.1 Å². The number of hydrogen-bond donors (Lipinski definition) is 0. The van der Waals surface area contributed by atoms with Crippen LogP contribution in [0.2, 0.25) is 5.15 Å². The Morgan fingerprint density at radius 1 is 1.19 bits per heavy atom. The molecule has 0 N–H and O–H groups in total. The molecule has 1 saturated heterocycles. The largest absolute Gasteiger partial charge is 0.406 e. The van der Waals surface area contributed by atoms with Crippen molar-refractivity contribution >= 4 is 33.5 Å². The van der Waals surface area contributed by atoms with E-state index < -0.39 is 12.7 Å². The first-order chi connectivity index (χ1) is 12.3. The molecule has 0 saturated carbocycles. The van der Waals surface area contributed by atoms with Crippen molar-refractivity contribution in [2.24, 2.45) is 0 Å². The van der Waals surface area contributed by atoms with E-state index in [9.17, 15) is 13.2 Å². The van der Waals surface area contributed by atoms with Crippen LogP contribution in [0.4, 0.5) is 13.2 Å². The van der Waals surface area contributed by atoms with Gasteiger partial charge in [0.15, 0.2) is 5.15 Å². The van der Waals surface area contributed by atoms with E-state index in [2.05, 4.69) is 21.9 Å². The van der Waals surface area contributed by atoms with Crippen LogP contribution in [0.5, 0.6) is 0 Å². The van der Waals surface area contributed by atoms with Gasteiger partial charge in [0.05, 0.1) is 5.52 Å². The Kier molecular flexibility index (Phi) is 4.31. The Hall–Kier alpha value is -1.86. The summed E-state index contributed by atoms with van der Waals surface area (Å²) in [7, 11) is 2.10. The molecule has 4 rings (SSSR count). The molecule has 0 aliphatic carbocycles. The lowest BCUT2D eigenvalue weighted by Gasteiger charge is -2.29. The monoisotopic (exact) mass is 382 g/mol. The molecule has 8 heteroatoms. The molecule has 26 heavy (non-hydrogen) atoms. The van der Waals surface area contributed by atoms with Crippen LogP contribution in [0.1, 0.15) is 24.3 Å². The van der Waals surface area contributed by atoms with E-state index in [1.54, 1.807) is 6.07 Å². The molecule has 1 aliphatic rings. The second-order valence-electron chi connectivity index (χ2n) is 6.92. The van der Waals surface area contributed by atoms with E-state index in [1.807, 2.05) is 12.1 Å². The maximum atomic E-state index is 13.1. The van der Waals surface area contributed by atoms with Crippen molar-refractivity contribution in [1.29, 1.82) is 0 Å². The van der Waals surface area contributed by atoms with Gasteiger partial charge in [0, 0.05) is 5.39 Å². The minimum atomic E-state index is -4.36. The first-order valence-electron chi connectivity index (χ1n) is 8.51. The van der Waals surface area contributed by atoms with Crippen molar-refractivity contribution < 1.29 is 13.2 Å². The second-order valence-corrected chi connectivity index (χ2v) is 7.28. The van der Waals surface area contributed by atoms with Crippen LogP contribution in [-0.4, -0.2) is 45.7 Å². The van der Waals surface area contributed by atoms with Crippen LogP contribution < -0.4 is 0 Å². The molecule has 0 atom stereocenters. The van der Waals surface area contributed by atoms with E-state index in [0.717, 1.165) is 31.5 Å². The maximum Gasteiger partial charge on any atom is 0.406 e. The van der Waals surface area contributed by atoms with Crippen molar-refractivity contribution in [3.8, 4) is 0 Å². The normalized spacial score (nSPS) is 17.4. The Balaban J connectivity index is 1.88. The van der Waals surface area contributed by atoms with Crippen LogP contribution in [0.15, 0.2) is 24.5 Å². The highest BCUT2D eigenvalue weighted by Gasteiger charge is 2.31. The van der Waals surface area contributed by atoms with Crippen molar-refractivity contribution in [2.45, 2.75) is 31.5 Å². The molecule has 1 fully saturated rings. The number of aromatic nitrogens is 3. The molecule has 1 aromatic carbocycles. The molecule has 138 valence electrons. The van der Waals surface area contributed by atoms with Crippen LogP contribution >= 0.6 is 11.6 Å². The number of likely N-dealkylation sites (tertiary alicyclic amines) is 1. The summed E-state index contributed by atoms with van der Waals surface area (Å²) in [5.74, 6) is 0.411. The molecular weight excluding hydrogens is 365 g/mol. The number of benzene rings is 1. The van der Waals surface area contributed by atoms with Crippen LogP contribution in [0.3, 0.4) is 0 Å². The SMILES string of the molecule is CN1CCC(c2ccc3c(c2)c2ncnc(Cl)c2n3CC(F)(F)F)CC1. The Labute approximate surface area is 153 Å². The molecule has 0 radical (unpaired) electrons. The third kappa shape index (κ3) is 3.14. The third-order valence-electron chi connectivity index (χ3n) is 5.14. The van der Waals surface area contributed by atoms with Gasteiger partial charge in [-0.25, -0.2) is 9.97 Å². The molecule has 1 aliphatic heterocycles. The van der Waals surface area contributed by atoms with E-state index >= 15 is 0 Å². The van der Waals surface area contributed by atoms with Crippen LogP contribution in [0.25, 0.3) is 21.9 Å². The smallest absolute Gasteiger partial charge is 0.327 e. The van der Waals surface area contributed by atoms with Gasteiger partial charge < -0.3 is 9.47 Å². The van der Waals surface area contributed by atoms with Crippen molar-refractivity contribution in [3.63, 3.8) is 0 Å². The minimum absolute atomic E-state index is 0.0382. The zero-order valence-corrected chi connectivity index (χ0v) is 15.0. The fraction of sp³-hybridized carbons (Fsp3) is 0.444. The summed E-state index contributed by atoms with van der Waals surface area (Å²) in [6.07, 6.45) is -0.979. The van der Waals surface area contributed by atoms with Crippen molar-refractivity contribution in [1.82, 2.24) is 19.4 Å². The summed E-state index contributed by atoms with van der Waals surface area (Å²) in [6.45, 7) is 0.923. The van der Waals surface area contributed by atoms with E-state index in [1.165, 1.54) is 10.9 Å². The Morgan fingerprint density at radius 2 is 1.92 bits per heavy atom. The number of nitrogens with zero attached hydrogens (tertiary/aromatic N) is 4. The second kappa shape index (κ2) is 6.39. The van der Waals surface area contributed by atoms with E-state index in [4.69, 9.17) is 11.6 Å². The molecule has 0 unspecified atom stereocenters. The predicted octanol–water partition coefficient (Wildman–Crippen LogP) is 4.61. The first-order valence-corrected chi connectivity index (χ1v) is 8.89. The minimum Gasteiger partial charge on any atom is -0.327 e. The summed E-state index contributed by atoms with van der Waals surface area (Å²) in [4.78, 5) is 10.4. The van der Waals surface area contributed by atoms with Gasteiger partial charge in [0.1, 0.15) is 23.9 Å². The number of hydrogen-bond acceptors (Lipinski definition) is 3. The first kappa shape index (κ1) is 17.5. The van der Waals surface area contributed by atoms with Gasteiger partial charge in [0.25, 0.3) is 0 Å². The molecule has 3 heterocycles. The molecule has 3 aromatic rings. The summed E-state index contributed by atoms with van der Waals surface area (Å²) < 4.78 is 40.5.